The average Bonchev–Trinajstić information content (AvgIpc) is 2.49. The van der Waals surface area contributed by atoms with Crippen molar-refractivity contribution in [1.29, 1.82) is 0 Å². The van der Waals surface area contributed by atoms with Crippen LogP contribution in [-0.4, -0.2) is 12.6 Å². The van der Waals surface area contributed by atoms with Crippen LogP contribution in [0.25, 0.3) is 0 Å². The topological polar surface area (TPSA) is 41.1 Å². The summed E-state index contributed by atoms with van der Waals surface area (Å²) in [6.07, 6.45) is 0.278. The molecule has 0 aliphatic heterocycles. The normalized spacial score (nSPS) is 11.8. The Kier molecular flexibility index (Phi) is 5.93. The van der Waals surface area contributed by atoms with Gasteiger partial charge < -0.3 is 10.6 Å². The maximum absolute atomic E-state index is 13.5. The van der Waals surface area contributed by atoms with Crippen LogP contribution in [0.3, 0.4) is 0 Å². The summed E-state index contributed by atoms with van der Waals surface area (Å²) in [6.45, 7) is 2.06. The van der Waals surface area contributed by atoms with E-state index in [1.54, 1.807) is 6.07 Å². The maximum atomic E-state index is 13.5. The number of amides is 2. The van der Waals surface area contributed by atoms with Crippen LogP contribution in [0.1, 0.15) is 24.1 Å². The number of hydrogen-bond acceptors (Lipinski definition) is 1. The molecule has 0 spiro atoms. The highest BCUT2D eigenvalue weighted by Crippen LogP contribution is 2.21. The van der Waals surface area contributed by atoms with Gasteiger partial charge in [0.15, 0.2) is 0 Å². The standard InChI is InChI=1S/C17H17ClF2N2O/c1-11(14-4-2-3-5-15(14)18)22-17(23)21-9-8-12-6-7-13(19)10-16(12)20/h2-7,10-11H,8-9H2,1H3,(H2,21,22,23). The number of nitrogens with one attached hydrogen (secondary N) is 2. The molecule has 0 heterocycles. The van der Waals surface area contributed by atoms with Crippen molar-refractivity contribution in [2.75, 3.05) is 6.54 Å². The Morgan fingerprint density at radius 2 is 1.96 bits per heavy atom. The quantitative estimate of drug-likeness (QED) is 0.842. The molecule has 2 rings (SSSR count). The van der Waals surface area contributed by atoms with Gasteiger partial charge in [-0.1, -0.05) is 35.9 Å². The Hall–Kier alpha value is -2.14. The molecule has 0 aliphatic carbocycles. The largest absolute Gasteiger partial charge is 0.338 e. The van der Waals surface area contributed by atoms with Crippen LogP contribution in [-0.2, 0) is 6.42 Å². The number of carbonyl (C=O) groups excluding carboxylic acids is 1. The predicted molar refractivity (Wildman–Crippen MR) is 86.5 cm³/mol. The monoisotopic (exact) mass is 338 g/mol. The summed E-state index contributed by atoms with van der Waals surface area (Å²) in [5, 5.41) is 5.98. The first kappa shape index (κ1) is 17.2. The fourth-order valence-corrected chi connectivity index (χ4v) is 2.49. The van der Waals surface area contributed by atoms with E-state index < -0.39 is 11.6 Å². The van der Waals surface area contributed by atoms with Crippen LogP contribution in [0.5, 0.6) is 0 Å². The number of carbonyl (C=O) groups is 1. The summed E-state index contributed by atoms with van der Waals surface area (Å²) in [5.41, 5.74) is 1.17. The van der Waals surface area contributed by atoms with E-state index in [0.29, 0.717) is 10.6 Å². The smallest absolute Gasteiger partial charge is 0.315 e. The van der Waals surface area contributed by atoms with E-state index in [9.17, 15) is 13.6 Å². The molecule has 2 aromatic rings. The van der Waals surface area contributed by atoms with Gasteiger partial charge in [-0.15, -0.1) is 0 Å². The highest BCUT2D eigenvalue weighted by atomic mass is 35.5. The predicted octanol–water partition coefficient (Wildman–Crippen LogP) is 4.22. The summed E-state index contributed by atoms with van der Waals surface area (Å²) >= 11 is 6.07. The van der Waals surface area contributed by atoms with Crippen molar-refractivity contribution in [3.8, 4) is 0 Å². The minimum absolute atomic E-state index is 0.240. The zero-order valence-electron chi connectivity index (χ0n) is 12.6. The summed E-state index contributed by atoms with van der Waals surface area (Å²) in [7, 11) is 0. The number of hydrogen-bond donors (Lipinski definition) is 2. The maximum Gasteiger partial charge on any atom is 0.315 e. The van der Waals surface area contributed by atoms with E-state index in [1.165, 1.54) is 12.1 Å². The van der Waals surface area contributed by atoms with Gasteiger partial charge in [0.1, 0.15) is 11.6 Å². The molecular weight excluding hydrogens is 322 g/mol. The molecule has 6 heteroatoms. The van der Waals surface area contributed by atoms with Gasteiger partial charge in [0, 0.05) is 17.6 Å². The van der Waals surface area contributed by atoms with E-state index in [2.05, 4.69) is 10.6 Å². The first-order valence-electron chi connectivity index (χ1n) is 7.20. The van der Waals surface area contributed by atoms with Crippen LogP contribution < -0.4 is 10.6 Å². The van der Waals surface area contributed by atoms with E-state index in [4.69, 9.17) is 11.6 Å². The number of benzene rings is 2. The summed E-state index contributed by atoms with van der Waals surface area (Å²) in [6, 6.07) is 10.0. The third-order valence-electron chi connectivity index (χ3n) is 3.41. The van der Waals surface area contributed by atoms with Crippen molar-refractivity contribution >= 4 is 17.6 Å². The molecule has 0 bridgehead atoms. The molecule has 0 aromatic heterocycles. The minimum Gasteiger partial charge on any atom is -0.338 e. The Labute approximate surface area is 138 Å². The lowest BCUT2D eigenvalue weighted by Gasteiger charge is -2.16. The highest BCUT2D eigenvalue weighted by Gasteiger charge is 2.12. The molecule has 2 aromatic carbocycles. The van der Waals surface area contributed by atoms with Crippen molar-refractivity contribution in [3.05, 3.63) is 70.2 Å². The number of rotatable bonds is 5. The van der Waals surface area contributed by atoms with Crippen molar-refractivity contribution < 1.29 is 13.6 Å². The number of halogens is 3. The molecule has 2 amide bonds. The molecule has 23 heavy (non-hydrogen) atoms. The molecule has 0 radical (unpaired) electrons. The van der Waals surface area contributed by atoms with E-state index >= 15 is 0 Å². The van der Waals surface area contributed by atoms with E-state index in [1.807, 2.05) is 25.1 Å². The minimum atomic E-state index is -0.620. The van der Waals surface area contributed by atoms with Crippen molar-refractivity contribution in [1.82, 2.24) is 10.6 Å². The molecule has 0 saturated carbocycles. The Morgan fingerprint density at radius 1 is 1.22 bits per heavy atom. The molecule has 1 atom stereocenters. The summed E-state index contributed by atoms with van der Waals surface area (Å²) in [5.74, 6) is -1.23. The second-order valence-electron chi connectivity index (χ2n) is 5.13. The van der Waals surface area contributed by atoms with Crippen LogP contribution in [0, 0.1) is 11.6 Å². The molecule has 122 valence electrons. The zero-order valence-corrected chi connectivity index (χ0v) is 13.3. The van der Waals surface area contributed by atoms with Gasteiger partial charge in [-0.25, -0.2) is 13.6 Å². The third-order valence-corrected chi connectivity index (χ3v) is 3.76. The zero-order chi connectivity index (χ0) is 16.8. The fourth-order valence-electron chi connectivity index (χ4n) is 2.19. The Morgan fingerprint density at radius 3 is 2.65 bits per heavy atom. The van der Waals surface area contributed by atoms with E-state index in [-0.39, 0.29) is 25.0 Å². The number of urea groups is 1. The summed E-state index contributed by atoms with van der Waals surface area (Å²) in [4.78, 5) is 11.8. The fraction of sp³-hybridized carbons (Fsp3) is 0.235. The second kappa shape index (κ2) is 7.92. The average molecular weight is 339 g/mol. The molecule has 2 N–H and O–H groups in total. The lowest BCUT2D eigenvalue weighted by molar-refractivity contribution is 0.238. The van der Waals surface area contributed by atoms with Crippen LogP contribution in [0.15, 0.2) is 42.5 Å². The van der Waals surface area contributed by atoms with Gasteiger partial charge in [-0.3, -0.25) is 0 Å². The van der Waals surface area contributed by atoms with Crippen LogP contribution in [0.4, 0.5) is 13.6 Å². The molecular formula is C17H17ClF2N2O. The first-order chi connectivity index (χ1) is 11.0. The van der Waals surface area contributed by atoms with Gasteiger partial charge >= 0.3 is 6.03 Å². The first-order valence-corrected chi connectivity index (χ1v) is 7.58. The molecule has 0 saturated heterocycles. The highest BCUT2D eigenvalue weighted by molar-refractivity contribution is 6.31. The summed E-state index contributed by atoms with van der Waals surface area (Å²) < 4.78 is 26.3. The van der Waals surface area contributed by atoms with Gasteiger partial charge in [0.05, 0.1) is 6.04 Å². The van der Waals surface area contributed by atoms with Crippen molar-refractivity contribution in [2.45, 2.75) is 19.4 Å². The van der Waals surface area contributed by atoms with Gasteiger partial charge in [-0.2, -0.15) is 0 Å². The van der Waals surface area contributed by atoms with Crippen molar-refractivity contribution in [2.24, 2.45) is 0 Å². The SMILES string of the molecule is CC(NC(=O)NCCc1ccc(F)cc1F)c1ccccc1Cl. The molecule has 3 nitrogen and oxygen atoms in total. The molecule has 1 unspecified atom stereocenters. The molecule has 0 fully saturated rings. The van der Waals surface area contributed by atoms with Gasteiger partial charge in [0.25, 0.3) is 0 Å². The lowest BCUT2D eigenvalue weighted by Crippen LogP contribution is -2.38. The van der Waals surface area contributed by atoms with Gasteiger partial charge in [0.2, 0.25) is 0 Å². The van der Waals surface area contributed by atoms with Gasteiger partial charge in [-0.05, 0) is 36.6 Å². The van der Waals surface area contributed by atoms with Crippen molar-refractivity contribution in [3.63, 3.8) is 0 Å². The lowest BCUT2D eigenvalue weighted by atomic mass is 10.1. The third kappa shape index (κ3) is 4.93. The van der Waals surface area contributed by atoms with Crippen LogP contribution in [0.2, 0.25) is 5.02 Å². The van der Waals surface area contributed by atoms with Crippen LogP contribution >= 0.6 is 11.6 Å². The Bertz CT molecular complexity index is 694. The Balaban J connectivity index is 1.82. The molecule has 0 aliphatic rings. The second-order valence-corrected chi connectivity index (χ2v) is 5.54. The van der Waals surface area contributed by atoms with E-state index in [0.717, 1.165) is 11.6 Å².